The third kappa shape index (κ3) is 6.79. The summed E-state index contributed by atoms with van der Waals surface area (Å²) in [5.74, 6) is -2.33. The molecular formula is C24H18O7. The Morgan fingerprint density at radius 3 is 1.81 bits per heavy atom. The van der Waals surface area contributed by atoms with Crippen molar-refractivity contribution in [2.75, 3.05) is 0 Å². The van der Waals surface area contributed by atoms with E-state index in [1.165, 1.54) is 24.3 Å². The van der Waals surface area contributed by atoms with Gasteiger partial charge in [0.15, 0.2) is 17.3 Å². The van der Waals surface area contributed by atoms with Gasteiger partial charge < -0.3 is 14.2 Å². The fourth-order valence-electron chi connectivity index (χ4n) is 2.20. The number of carbonyl (C=O) groups is 4. The second-order valence-electron chi connectivity index (χ2n) is 5.80. The van der Waals surface area contributed by atoms with E-state index in [0.29, 0.717) is 11.3 Å². The van der Waals surface area contributed by atoms with Crippen LogP contribution in [-0.2, 0) is 14.4 Å². The lowest BCUT2D eigenvalue weighted by Gasteiger charge is -2.09. The largest absolute Gasteiger partial charge is 0.423 e. The predicted molar refractivity (Wildman–Crippen MR) is 114 cm³/mol. The zero-order valence-electron chi connectivity index (χ0n) is 16.4. The molecule has 0 aliphatic rings. The van der Waals surface area contributed by atoms with Gasteiger partial charge in [0.2, 0.25) is 0 Å². The van der Waals surface area contributed by atoms with E-state index in [1.807, 2.05) is 0 Å². The molecule has 0 heterocycles. The molecule has 0 saturated carbocycles. The number of benzene rings is 2. The van der Waals surface area contributed by atoms with E-state index in [1.54, 1.807) is 30.3 Å². The molecule has 0 spiro atoms. The Hall–Kier alpha value is -4.52. The van der Waals surface area contributed by atoms with Crippen molar-refractivity contribution < 1.29 is 33.4 Å². The summed E-state index contributed by atoms with van der Waals surface area (Å²) in [4.78, 5) is 46.7. The van der Waals surface area contributed by atoms with Crippen LogP contribution in [0.15, 0.2) is 86.5 Å². The van der Waals surface area contributed by atoms with E-state index < -0.39 is 17.9 Å². The van der Waals surface area contributed by atoms with Gasteiger partial charge in [0.05, 0.1) is 0 Å². The van der Waals surface area contributed by atoms with Crippen LogP contribution in [0.2, 0.25) is 0 Å². The Balaban J connectivity index is 2.20. The van der Waals surface area contributed by atoms with Crippen molar-refractivity contribution in [3.05, 3.63) is 97.6 Å². The average Bonchev–Trinajstić information content (AvgIpc) is 2.79. The van der Waals surface area contributed by atoms with Crippen LogP contribution in [-0.4, -0.2) is 23.7 Å². The third-order valence-electron chi connectivity index (χ3n) is 3.68. The fourth-order valence-corrected chi connectivity index (χ4v) is 2.20. The minimum absolute atomic E-state index is 0.0507. The number of esters is 3. The first-order valence-corrected chi connectivity index (χ1v) is 8.85. The van der Waals surface area contributed by atoms with E-state index >= 15 is 0 Å². The molecule has 0 aliphatic heterocycles. The van der Waals surface area contributed by atoms with Crippen LogP contribution in [0, 0.1) is 0 Å². The Labute approximate surface area is 178 Å². The highest BCUT2D eigenvalue weighted by Crippen LogP contribution is 2.29. The average molecular weight is 418 g/mol. The summed E-state index contributed by atoms with van der Waals surface area (Å²) < 4.78 is 15.0. The van der Waals surface area contributed by atoms with Crippen LogP contribution in [0.25, 0.3) is 6.08 Å². The van der Waals surface area contributed by atoms with Gasteiger partial charge in [-0.05, 0) is 42.0 Å². The highest BCUT2D eigenvalue weighted by atomic mass is 16.6. The fraction of sp³-hybridized carbons (Fsp3) is 0. The highest BCUT2D eigenvalue weighted by Gasteiger charge is 2.14. The standard InChI is InChI=1S/C24H18O7/c1-4-22(26)29-18-11-7-16(8-12-18)9-13-19(25)17-10-14-20(30-23(27)5-2)21(15-17)31-24(28)6-3/h4-15H,1-3H2. The summed E-state index contributed by atoms with van der Waals surface area (Å²) >= 11 is 0. The van der Waals surface area contributed by atoms with Crippen molar-refractivity contribution in [1.29, 1.82) is 0 Å². The van der Waals surface area contributed by atoms with Gasteiger partial charge in [0.25, 0.3) is 0 Å². The summed E-state index contributed by atoms with van der Waals surface area (Å²) in [5, 5.41) is 0. The maximum absolute atomic E-state index is 12.5. The lowest BCUT2D eigenvalue weighted by molar-refractivity contribution is -0.131. The number of allylic oxidation sites excluding steroid dienone is 1. The molecule has 2 aromatic rings. The van der Waals surface area contributed by atoms with Crippen molar-refractivity contribution in [2.24, 2.45) is 0 Å². The van der Waals surface area contributed by atoms with Crippen molar-refractivity contribution in [2.45, 2.75) is 0 Å². The van der Waals surface area contributed by atoms with E-state index in [4.69, 9.17) is 14.2 Å². The van der Waals surface area contributed by atoms with Crippen LogP contribution >= 0.6 is 0 Å². The number of ether oxygens (including phenoxy) is 3. The molecule has 0 atom stereocenters. The molecule has 0 amide bonds. The summed E-state index contributed by atoms with van der Waals surface area (Å²) in [6, 6.07) is 10.5. The van der Waals surface area contributed by atoms with Crippen molar-refractivity contribution in [3.8, 4) is 17.2 Å². The molecule has 31 heavy (non-hydrogen) atoms. The lowest BCUT2D eigenvalue weighted by Crippen LogP contribution is -2.09. The number of hydrogen-bond donors (Lipinski definition) is 0. The summed E-state index contributed by atoms with van der Waals surface area (Å²) in [6.07, 6.45) is 5.81. The van der Waals surface area contributed by atoms with Crippen LogP contribution in [0.1, 0.15) is 15.9 Å². The van der Waals surface area contributed by atoms with Gasteiger partial charge in [-0.3, -0.25) is 4.79 Å². The van der Waals surface area contributed by atoms with Crippen LogP contribution in [0.4, 0.5) is 0 Å². The maximum atomic E-state index is 12.5. The predicted octanol–water partition coefficient (Wildman–Crippen LogP) is 3.86. The third-order valence-corrected chi connectivity index (χ3v) is 3.68. The summed E-state index contributed by atoms with van der Waals surface area (Å²) in [7, 11) is 0. The minimum Gasteiger partial charge on any atom is -0.423 e. The highest BCUT2D eigenvalue weighted by molar-refractivity contribution is 6.07. The molecule has 0 unspecified atom stereocenters. The van der Waals surface area contributed by atoms with E-state index in [-0.39, 0.29) is 22.8 Å². The zero-order chi connectivity index (χ0) is 22.8. The Morgan fingerprint density at radius 2 is 1.23 bits per heavy atom. The van der Waals surface area contributed by atoms with Gasteiger partial charge in [-0.1, -0.05) is 37.9 Å². The molecular weight excluding hydrogens is 400 g/mol. The number of ketones is 1. The molecule has 0 aromatic heterocycles. The first kappa shape index (κ1) is 22.8. The first-order chi connectivity index (χ1) is 14.9. The summed E-state index contributed by atoms with van der Waals surface area (Å²) in [5.41, 5.74) is 0.875. The molecule has 0 N–H and O–H groups in total. The van der Waals surface area contributed by atoms with Crippen molar-refractivity contribution in [1.82, 2.24) is 0 Å². The lowest BCUT2D eigenvalue weighted by atomic mass is 10.1. The van der Waals surface area contributed by atoms with Crippen LogP contribution < -0.4 is 14.2 Å². The zero-order valence-corrected chi connectivity index (χ0v) is 16.4. The monoisotopic (exact) mass is 418 g/mol. The Morgan fingerprint density at radius 1 is 0.677 bits per heavy atom. The Bertz CT molecular complexity index is 1080. The van der Waals surface area contributed by atoms with Gasteiger partial charge in [0.1, 0.15) is 5.75 Å². The van der Waals surface area contributed by atoms with E-state index in [9.17, 15) is 19.2 Å². The molecule has 2 aromatic carbocycles. The molecule has 7 nitrogen and oxygen atoms in total. The van der Waals surface area contributed by atoms with Gasteiger partial charge in [-0.25, -0.2) is 14.4 Å². The first-order valence-electron chi connectivity index (χ1n) is 8.85. The van der Waals surface area contributed by atoms with Gasteiger partial charge in [0, 0.05) is 23.8 Å². The Kier molecular flexibility index (Phi) is 7.98. The molecule has 156 valence electrons. The summed E-state index contributed by atoms with van der Waals surface area (Å²) in [6.45, 7) is 9.92. The molecule has 0 aliphatic carbocycles. The normalized spacial score (nSPS) is 10.1. The van der Waals surface area contributed by atoms with Gasteiger partial charge in [-0.15, -0.1) is 0 Å². The second kappa shape index (κ2) is 10.9. The van der Waals surface area contributed by atoms with Crippen LogP contribution in [0.3, 0.4) is 0 Å². The van der Waals surface area contributed by atoms with Crippen molar-refractivity contribution in [3.63, 3.8) is 0 Å². The smallest absolute Gasteiger partial charge is 0.335 e. The minimum atomic E-state index is -0.784. The molecule has 0 radical (unpaired) electrons. The van der Waals surface area contributed by atoms with E-state index in [2.05, 4.69) is 19.7 Å². The molecule has 2 rings (SSSR count). The molecule has 7 heteroatoms. The van der Waals surface area contributed by atoms with Crippen LogP contribution in [0.5, 0.6) is 17.2 Å². The number of rotatable bonds is 9. The van der Waals surface area contributed by atoms with Crippen molar-refractivity contribution >= 4 is 29.8 Å². The SMILES string of the molecule is C=CC(=O)Oc1ccc(C=CC(=O)c2ccc(OC(=O)C=C)c(OC(=O)C=C)c2)cc1. The molecule has 0 fully saturated rings. The van der Waals surface area contributed by atoms with Gasteiger partial charge in [-0.2, -0.15) is 0 Å². The number of carbonyl (C=O) groups excluding carboxylic acids is 4. The topological polar surface area (TPSA) is 96.0 Å². The van der Waals surface area contributed by atoms with E-state index in [0.717, 1.165) is 18.2 Å². The second-order valence-corrected chi connectivity index (χ2v) is 5.80. The maximum Gasteiger partial charge on any atom is 0.335 e. The molecule has 0 saturated heterocycles. The molecule has 0 bridgehead atoms. The quantitative estimate of drug-likeness (QED) is 0.264. The van der Waals surface area contributed by atoms with Gasteiger partial charge >= 0.3 is 17.9 Å². The number of hydrogen-bond acceptors (Lipinski definition) is 7.